The summed E-state index contributed by atoms with van der Waals surface area (Å²) in [5, 5.41) is 3.00. The molecule has 1 aliphatic rings. The van der Waals surface area contributed by atoms with Gasteiger partial charge in [0.15, 0.2) is 9.84 Å². The maximum Gasteiger partial charge on any atom is 0.154 e. The van der Waals surface area contributed by atoms with Crippen LogP contribution in [-0.4, -0.2) is 31.5 Å². The summed E-state index contributed by atoms with van der Waals surface area (Å²) in [6.07, 6.45) is 4.60. The van der Waals surface area contributed by atoms with Crippen LogP contribution in [0, 0.1) is 5.92 Å². The summed E-state index contributed by atoms with van der Waals surface area (Å²) in [5.41, 5.74) is -0.0167. The van der Waals surface area contributed by atoms with Gasteiger partial charge in [-0.05, 0) is 46.5 Å². The Balaban J connectivity index is 2.45. The molecule has 1 unspecified atom stereocenters. The Bertz CT molecular complexity index is 324. The standard InChI is InChI=1S/C13H27NO2S/c1-11(9-14-13(2,3)4)17(15,16)10-12-7-5-6-8-12/h11-12,14H,5-10H2,1-4H3. The van der Waals surface area contributed by atoms with Gasteiger partial charge < -0.3 is 5.32 Å². The maximum atomic E-state index is 12.2. The van der Waals surface area contributed by atoms with Gasteiger partial charge in [-0.3, -0.25) is 0 Å². The highest BCUT2D eigenvalue weighted by molar-refractivity contribution is 7.92. The molecular weight excluding hydrogens is 234 g/mol. The van der Waals surface area contributed by atoms with Crippen molar-refractivity contribution < 1.29 is 8.42 Å². The Hall–Kier alpha value is -0.0900. The van der Waals surface area contributed by atoms with Crippen LogP contribution in [0.1, 0.15) is 53.4 Å². The van der Waals surface area contributed by atoms with E-state index in [1.807, 2.05) is 6.92 Å². The average Bonchev–Trinajstić information content (AvgIpc) is 2.64. The van der Waals surface area contributed by atoms with Crippen LogP contribution in [0.3, 0.4) is 0 Å². The van der Waals surface area contributed by atoms with Crippen molar-refractivity contribution in [3.05, 3.63) is 0 Å². The second-order valence-electron chi connectivity index (χ2n) is 6.42. The van der Waals surface area contributed by atoms with Crippen LogP contribution in [0.5, 0.6) is 0 Å². The first-order chi connectivity index (χ1) is 7.71. The van der Waals surface area contributed by atoms with Crippen LogP contribution in [0.4, 0.5) is 0 Å². The minimum atomic E-state index is -2.93. The van der Waals surface area contributed by atoms with Gasteiger partial charge >= 0.3 is 0 Å². The summed E-state index contributed by atoms with van der Waals surface area (Å²) < 4.78 is 24.3. The molecular formula is C13H27NO2S. The van der Waals surface area contributed by atoms with Crippen LogP contribution >= 0.6 is 0 Å². The Kier molecular flexibility index (Phi) is 5.02. The molecule has 17 heavy (non-hydrogen) atoms. The zero-order valence-electron chi connectivity index (χ0n) is 11.6. The van der Waals surface area contributed by atoms with E-state index in [1.165, 1.54) is 12.8 Å². The van der Waals surface area contributed by atoms with Crippen molar-refractivity contribution in [3.63, 3.8) is 0 Å². The highest BCUT2D eigenvalue weighted by atomic mass is 32.2. The van der Waals surface area contributed by atoms with E-state index in [0.29, 0.717) is 18.2 Å². The first-order valence-electron chi connectivity index (χ1n) is 6.67. The van der Waals surface area contributed by atoms with Gasteiger partial charge in [0, 0.05) is 12.1 Å². The van der Waals surface area contributed by atoms with Crippen molar-refractivity contribution in [2.75, 3.05) is 12.3 Å². The van der Waals surface area contributed by atoms with E-state index < -0.39 is 9.84 Å². The molecule has 1 atom stereocenters. The normalized spacial score (nSPS) is 20.7. The van der Waals surface area contributed by atoms with E-state index >= 15 is 0 Å². The molecule has 0 bridgehead atoms. The topological polar surface area (TPSA) is 46.2 Å². The predicted molar refractivity (Wildman–Crippen MR) is 73.0 cm³/mol. The fourth-order valence-electron chi connectivity index (χ4n) is 2.25. The van der Waals surface area contributed by atoms with E-state index in [9.17, 15) is 8.42 Å². The Morgan fingerprint density at radius 1 is 1.24 bits per heavy atom. The lowest BCUT2D eigenvalue weighted by Crippen LogP contribution is -2.43. The predicted octanol–water partition coefficient (Wildman–Crippen LogP) is 2.37. The lowest BCUT2D eigenvalue weighted by Gasteiger charge is -2.24. The van der Waals surface area contributed by atoms with Gasteiger partial charge in [-0.2, -0.15) is 0 Å². The fraction of sp³-hybridized carbons (Fsp3) is 1.00. The van der Waals surface area contributed by atoms with Crippen LogP contribution in [0.2, 0.25) is 0 Å². The molecule has 0 amide bonds. The van der Waals surface area contributed by atoms with E-state index in [0.717, 1.165) is 12.8 Å². The minimum absolute atomic E-state index is 0.0167. The molecule has 1 N–H and O–H groups in total. The van der Waals surface area contributed by atoms with Gasteiger partial charge in [0.2, 0.25) is 0 Å². The van der Waals surface area contributed by atoms with Gasteiger partial charge in [-0.25, -0.2) is 8.42 Å². The van der Waals surface area contributed by atoms with E-state index in [4.69, 9.17) is 0 Å². The molecule has 0 heterocycles. The lowest BCUT2D eigenvalue weighted by atomic mass is 10.1. The molecule has 0 aliphatic heterocycles. The summed E-state index contributed by atoms with van der Waals surface area (Å²) >= 11 is 0. The summed E-state index contributed by atoms with van der Waals surface area (Å²) in [4.78, 5) is 0. The molecule has 1 fully saturated rings. The average molecular weight is 261 g/mol. The molecule has 102 valence electrons. The maximum absolute atomic E-state index is 12.2. The molecule has 1 rings (SSSR count). The minimum Gasteiger partial charge on any atom is -0.311 e. The Labute approximate surface area is 106 Å². The van der Waals surface area contributed by atoms with Crippen molar-refractivity contribution in [3.8, 4) is 0 Å². The molecule has 4 heteroatoms. The SMILES string of the molecule is CC(CNC(C)(C)C)S(=O)(=O)CC1CCCC1. The summed E-state index contributed by atoms with van der Waals surface area (Å²) in [7, 11) is -2.93. The highest BCUT2D eigenvalue weighted by Gasteiger charge is 2.27. The monoisotopic (exact) mass is 261 g/mol. The first kappa shape index (κ1) is 15.0. The lowest BCUT2D eigenvalue weighted by molar-refractivity contribution is 0.424. The van der Waals surface area contributed by atoms with Crippen molar-refractivity contribution in [1.29, 1.82) is 0 Å². The van der Waals surface area contributed by atoms with Crippen LogP contribution in [0.25, 0.3) is 0 Å². The summed E-state index contributed by atoms with van der Waals surface area (Å²) in [6, 6.07) is 0. The van der Waals surface area contributed by atoms with E-state index in [2.05, 4.69) is 26.1 Å². The number of nitrogens with one attached hydrogen (secondary N) is 1. The van der Waals surface area contributed by atoms with Crippen molar-refractivity contribution >= 4 is 9.84 Å². The van der Waals surface area contributed by atoms with Gasteiger partial charge in [-0.1, -0.05) is 12.8 Å². The Morgan fingerprint density at radius 2 is 1.76 bits per heavy atom. The van der Waals surface area contributed by atoms with Gasteiger partial charge in [0.1, 0.15) is 0 Å². The van der Waals surface area contributed by atoms with Gasteiger partial charge in [0.05, 0.1) is 11.0 Å². The van der Waals surface area contributed by atoms with Gasteiger partial charge in [0.25, 0.3) is 0 Å². The number of sulfone groups is 1. The second-order valence-corrected chi connectivity index (χ2v) is 8.89. The quantitative estimate of drug-likeness (QED) is 0.826. The molecule has 0 spiro atoms. The van der Waals surface area contributed by atoms with Crippen LogP contribution in [-0.2, 0) is 9.84 Å². The molecule has 0 aromatic rings. The smallest absolute Gasteiger partial charge is 0.154 e. The zero-order valence-corrected chi connectivity index (χ0v) is 12.4. The van der Waals surface area contributed by atoms with Gasteiger partial charge in [-0.15, -0.1) is 0 Å². The number of hydrogen-bond donors (Lipinski definition) is 1. The second kappa shape index (κ2) is 5.70. The molecule has 0 aromatic carbocycles. The van der Waals surface area contributed by atoms with Crippen molar-refractivity contribution in [2.45, 2.75) is 64.2 Å². The van der Waals surface area contributed by atoms with E-state index in [1.54, 1.807) is 0 Å². The molecule has 1 saturated carbocycles. The summed E-state index contributed by atoms with van der Waals surface area (Å²) in [5.74, 6) is 0.803. The molecule has 0 saturated heterocycles. The third kappa shape index (κ3) is 5.38. The fourth-order valence-corrected chi connectivity index (χ4v) is 3.90. The zero-order chi connectivity index (χ0) is 13.1. The molecule has 0 radical (unpaired) electrons. The Morgan fingerprint density at radius 3 is 2.24 bits per heavy atom. The highest BCUT2D eigenvalue weighted by Crippen LogP contribution is 2.26. The van der Waals surface area contributed by atoms with Crippen molar-refractivity contribution in [1.82, 2.24) is 5.32 Å². The molecule has 0 aromatic heterocycles. The van der Waals surface area contributed by atoms with Crippen LogP contribution < -0.4 is 5.32 Å². The number of hydrogen-bond acceptors (Lipinski definition) is 3. The first-order valence-corrected chi connectivity index (χ1v) is 8.39. The summed E-state index contributed by atoms with van der Waals surface area (Å²) in [6.45, 7) is 8.55. The van der Waals surface area contributed by atoms with E-state index in [-0.39, 0.29) is 10.8 Å². The number of rotatable bonds is 5. The third-order valence-corrected chi connectivity index (χ3v) is 5.80. The van der Waals surface area contributed by atoms with Crippen molar-refractivity contribution in [2.24, 2.45) is 5.92 Å². The molecule has 3 nitrogen and oxygen atoms in total. The van der Waals surface area contributed by atoms with Crippen LogP contribution in [0.15, 0.2) is 0 Å². The third-order valence-electron chi connectivity index (χ3n) is 3.48. The largest absolute Gasteiger partial charge is 0.311 e. The molecule has 1 aliphatic carbocycles.